The van der Waals surface area contributed by atoms with Crippen molar-refractivity contribution >= 4 is 21.6 Å². The number of carbonyl (C=O) groups excluding carboxylic acids is 1. The van der Waals surface area contributed by atoms with E-state index in [2.05, 4.69) is 5.32 Å². The van der Waals surface area contributed by atoms with Gasteiger partial charge < -0.3 is 10.1 Å². The SMILES string of the molecule is CCOc1ccc(CNC(=O)CN(c2ccccc2F)S(=O)(=O)c2ccc(C)cc2)cc1. The summed E-state index contributed by atoms with van der Waals surface area (Å²) in [6.07, 6.45) is 0. The molecule has 0 aliphatic carbocycles. The fourth-order valence-corrected chi connectivity index (χ4v) is 4.48. The van der Waals surface area contributed by atoms with Gasteiger partial charge in [0.05, 0.1) is 17.2 Å². The number of hydrogen-bond donors (Lipinski definition) is 1. The molecule has 8 heteroatoms. The van der Waals surface area contributed by atoms with E-state index in [4.69, 9.17) is 4.74 Å². The van der Waals surface area contributed by atoms with Crippen molar-refractivity contribution < 1.29 is 22.3 Å². The highest BCUT2D eigenvalue weighted by Gasteiger charge is 2.29. The predicted molar refractivity (Wildman–Crippen MR) is 122 cm³/mol. The zero-order valence-corrected chi connectivity index (χ0v) is 18.7. The van der Waals surface area contributed by atoms with Crippen molar-refractivity contribution in [3.8, 4) is 5.75 Å². The normalized spacial score (nSPS) is 11.1. The lowest BCUT2D eigenvalue weighted by molar-refractivity contribution is -0.119. The number of nitrogens with one attached hydrogen (secondary N) is 1. The van der Waals surface area contributed by atoms with Crippen LogP contribution in [0.1, 0.15) is 18.1 Å². The highest BCUT2D eigenvalue weighted by Crippen LogP contribution is 2.26. The summed E-state index contributed by atoms with van der Waals surface area (Å²) >= 11 is 0. The van der Waals surface area contributed by atoms with E-state index in [1.54, 1.807) is 24.3 Å². The molecule has 0 aliphatic rings. The fourth-order valence-electron chi connectivity index (χ4n) is 3.05. The summed E-state index contributed by atoms with van der Waals surface area (Å²) in [4.78, 5) is 12.6. The number of carbonyl (C=O) groups is 1. The number of amides is 1. The molecule has 0 fully saturated rings. The van der Waals surface area contributed by atoms with Crippen LogP contribution in [0, 0.1) is 12.7 Å². The third-order valence-corrected chi connectivity index (χ3v) is 6.52. The van der Waals surface area contributed by atoms with Gasteiger partial charge in [-0.15, -0.1) is 0 Å². The average Bonchev–Trinajstić information content (AvgIpc) is 2.78. The van der Waals surface area contributed by atoms with E-state index in [9.17, 15) is 17.6 Å². The summed E-state index contributed by atoms with van der Waals surface area (Å²) in [5.41, 5.74) is 1.51. The lowest BCUT2D eigenvalue weighted by Gasteiger charge is -2.24. The van der Waals surface area contributed by atoms with E-state index in [-0.39, 0.29) is 17.1 Å². The zero-order chi connectivity index (χ0) is 23.1. The quantitative estimate of drug-likeness (QED) is 0.527. The van der Waals surface area contributed by atoms with Crippen LogP contribution in [-0.2, 0) is 21.4 Å². The van der Waals surface area contributed by atoms with Gasteiger partial charge in [0.2, 0.25) is 5.91 Å². The third-order valence-electron chi connectivity index (χ3n) is 4.74. The molecular weight excluding hydrogens is 431 g/mol. The van der Waals surface area contributed by atoms with Gasteiger partial charge in [-0.1, -0.05) is 42.0 Å². The maximum atomic E-state index is 14.5. The fraction of sp³-hybridized carbons (Fsp3) is 0.208. The van der Waals surface area contributed by atoms with Crippen molar-refractivity contribution in [2.75, 3.05) is 17.5 Å². The second-order valence-electron chi connectivity index (χ2n) is 7.13. The van der Waals surface area contributed by atoms with Crippen molar-refractivity contribution in [2.24, 2.45) is 0 Å². The van der Waals surface area contributed by atoms with E-state index < -0.39 is 28.3 Å². The van der Waals surface area contributed by atoms with Gasteiger partial charge in [0.25, 0.3) is 10.0 Å². The largest absolute Gasteiger partial charge is 0.494 e. The lowest BCUT2D eigenvalue weighted by Crippen LogP contribution is -2.41. The standard InChI is InChI=1S/C24H25FN2O4S/c1-3-31-20-12-10-19(11-13-20)16-26-24(28)17-27(23-7-5-4-6-22(23)25)32(29,30)21-14-8-18(2)9-15-21/h4-15H,3,16-17H2,1-2H3,(H,26,28). The molecule has 0 unspecified atom stereocenters. The van der Waals surface area contributed by atoms with Gasteiger partial charge in [-0.3, -0.25) is 9.10 Å². The second-order valence-corrected chi connectivity index (χ2v) is 8.99. The molecule has 0 radical (unpaired) electrons. The van der Waals surface area contributed by atoms with E-state index in [0.29, 0.717) is 6.61 Å². The first-order chi connectivity index (χ1) is 15.3. The number of anilines is 1. The predicted octanol–water partition coefficient (Wildman–Crippen LogP) is 4.04. The van der Waals surface area contributed by atoms with Crippen LogP contribution < -0.4 is 14.4 Å². The Morgan fingerprint density at radius 1 is 1.00 bits per heavy atom. The van der Waals surface area contributed by atoms with Gasteiger partial charge >= 0.3 is 0 Å². The summed E-state index contributed by atoms with van der Waals surface area (Å²) in [6, 6.07) is 18.9. The number of nitrogens with zero attached hydrogens (tertiary/aromatic N) is 1. The zero-order valence-electron chi connectivity index (χ0n) is 17.9. The van der Waals surface area contributed by atoms with Gasteiger partial charge in [0.1, 0.15) is 18.1 Å². The molecule has 3 aromatic carbocycles. The minimum atomic E-state index is -4.17. The van der Waals surface area contributed by atoms with Crippen LogP contribution in [0.3, 0.4) is 0 Å². The Hall–Kier alpha value is -3.39. The van der Waals surface area contributed by atoms with Crippen LogP contribution in [0.25, 0.3) is 0 Å². The molecule has 0 saturated heterocycles. The first-order valence-electron chi connectivity index (χ1n) is 10.1. The van der Waals surface area contributed by atoms with Crippen molar-refractivity contribution in [3.63, 3.8) is 0 Å². The summed E-state index contributed by atoms with van der Waals surface area (Å²) in [7, 11) is -4.17. The minimum absolute atomic E-state index is 0.0225. The molecule has 0 aliphatic heterocycles. The number of halogens is 1. The van der Waals surface area contributed by atoms with Crippen molar-refractivity contribution in [1.29, 1.82) is 0 Å². The first kappa shape index (κ1) is 23.3. The van der Waals surface area contributed by atoms with E-state index in [1.807, 2.05) is 26.0 Å². The summed E-state index contributed by atoms with van der Waals surface area (Å²) in [5.74, 6) is -0.571. The molecule has 0 aromatic heterocycles. The molecule has 0 heterocycles. The van der Waals surface area contributed by atoms with Gasteiger partial charge in [-0.2, -0.15) is 0 Å². The molecular formula is C24H25FN2O4S. The Labute approximate surface area is 187 Å². The number of aryl methyl sites for hydroxylation is 1. The third kappa shape index (κ3) is 5.64. The summed E-state index contributed by atoms with van der Waals surface area (Å²) in [6.45, 7) is 3.91. The molecule has 32 heavy (non-hydrogen) atoms. The maximum Gasteiger partial charge on any atom is 0.264 e. The van der Waals surface area contributed by atoms with Gasteiger partial charge in [0, 0.05) is 6.54 Å². The van der Waals surface area contributed by atoms with Gasteiger partial charge in [0.15, 0.2) is 0 Å². The van der Waals surface area contributed by atoms with Crippen LogP contribution >= 0.6 is 0 Å². The summed E-state index contributed by atoms with van der Waals surface area (Å²) < 4.78 is 47.2. The lowest BCUT2D eigenvalue weighted by atomic mass is 10.2. The maximum absolute atomic E-state index is 14.5. The summed E-state index contributed by atoms with van der Waals surface area (Å²) in [5, 5.41) is 2.69. The van der Waals surface area contributed by atoms with Crippen LogP contribution in [0.15, 0.2) is 77.7 Å². The first-order valence-corrected chi connectivity index (χ1v) is 11.6. The molecule has 0 bridgehead atoms. The highest BCUT2D eigenvalue weighted by atomic mass is 32.2. The monoisotopic (exact) mass is 456 g/mol. The van der Waals surface area contributed by atoms with E-state index >= 15 is 0 Å². The van der Waals surface area contributed by atoms with Crippen LogP contribution in [0.5, 0.6) is 5.75 Å². The number of ether oxygens (including phenoxy) is 1. The van der Waals surface area contributed by atoms with Crippen molar-refractivity contribution in [1.82, 2.24) is 5.32 Å². The van der Waals surface area contributed by atoms with Crippen molar-refractivity contribution in [2.45, 2.75) is 25.3 Å². The number of sulfonamides is 1. The molecule has 3 rings (SSSR count). The average molecular weight is 457 g/mol. The minimum Gasteiger partial charge on any atom is -0.494 e. The number of benzene rings is 3. The van der Waals surface area contributed by atoms with Crippen LogP contribution in [-0.4, -0.2) is 27.5 Å². The molecule has 0 atom stereocenters. The highest BCUT2D eigenvalue weighted by molar-refractivity contribution is 7.92. The number of rotatable bonds is 9. The topological polar surface area (TPSA) is 75.7 Å². The Balaban J connectivity index is 1.80. The molecule has 3 aromatic rings. The van der Waals surface area contributed by atoms with Crippen LogP contribution in [0.4, 0.5) is 10.1 Å². The Morgan fingerprint density at radius 3 is 2.28 bits per heavy atom. The number of hydrogen-bond acceptors (Lipinski definition) is 4. The number of para-hydroxylation sites is 1. The van der Waals surface area contributed by atoms with Gasteiger partial charge in [-0.25, -0.2) is 12.8 Å². The van der Waals surface area contributed by atoms with Crippen molar-refractivity contribution in [3.05, 3.63) is 89.7 Å². The Kier molecular flexibility index (Phi) is 7.48. The molecule has 1 amide bonds. The molecule has 0 spiro atoms. The van der Waals surface area contributed by atoms with Crippen LogP contribution in [0.2, 0.25) is 0 Å². The molecule has 1 N–H and O–H groups in total. The van der Waals surface area contributed by atoms with Gasteiger partial charge in [-0.05, 0) is 55.8 Å². The molecule has 168 valence electrons. The smallest absolute Gasteiger partial charge is 0.264 e. The van der Waals surface area contributed by atoms with E-state index in [1.165, 1.54) is 30.3 Å². The molecule has 6 nitrogen and oxygen atoms in total. The Morgan fingerprint density at radius 2 is 1.66 bits per heavy atom. The van der Waals surface area contributed by atoms with E-state index in [0.717, 1.165) is 27.2 Å². The Bertz CT molecular complexity index is 1160. The second kappa shape index (κ2) is 10.3. The molecule has 0 saturated carbocycles.